The lowest BCUT2D eigenvalue weighted by Crippen LogP contribution is -2.35. The second kappa shape index (κ2) is 9.18. The molecule has 0 aliphatic rings. The molecule has 1 aromatic rings. The van der Waals surface area contributed by atoms with E-state index in [1.54, 1.807) is 0 Å². The quantitative estimate of drug-likeness (QED) is 0.656. The molecule has 1 N–H and O–H groups in total. The summed E-state index contributed by atoms with van der Waals surface area (Å²) in [6.07, 6.45) is 6.42. The van der Waals surface area contributed by atoms with Gasteiger partial charge in [-0.15, -0.1) is 0 Å². The number of unbranched alkanes of at least 4 members (excludes halogenated alkanes) is 1. The molecule has 0 fully saturated rings. The van der Waals surface area contributed by atoms with Gasteiger partial charge in [-0.3, -0.25) is 0 Å². The van der Waals surface area contributed by atoms with E-state index in [1.165, 1.54) is 36.8 Å². The monoisotopic (exact) mass is 275 g/mol. The van der Waals surface area contributed by atoms with Crippen molar-refractivity contribution in [1.29, 1.82) is 0 Å². The van der Waals surface area contributed by atoms with Crippen LogP contribution in [0.15, 0.2) is 24.3 Å². The third-order valence-electron chi connectivity index (χ3n) is 4.49. The maximum atomic E-state index is 3.55. The lowest BCUT2D eigenvalue weighted by molar-refractivity contribution is 0.330. The number of hydrogen-bond acceptors (Lipinski definition) is 1. The Bertz CT molecular complexity index is 353. The Morgan fingerprint density at radius 1 is 1.05 bits per heavy atom. The molecule has 0 spiro atoms. The van der Waals surface area contributed by atoms with Gasteiger partial charge >= 0.3 is 0 Å². The predicted molar refractivity (Wildman–Crippen MR) is 90.4 cm³/mol. The Morgan fingerprint density at radius 2 is 1.70 bits per heavy atom. The molecule has 1 rings (SSSR count). The fourth-order valence-electron chi connectivity index (χ4n) is 2.95. The van der Waals surface area contributed by atoms with Gasteiger partial charge in [0.2, 0.25) is 0 Å². The van der Waals surface area contributed by atoms with Gasteiger partial charge in [0.25, 0.3) is 0 Å². The Hall–Kier alpha value is -0.820. The molecule has 0 saturated heterocycles. The maximum Gasteiger partial charge on any atom is 0.0133 e. The van der Waals surface area contributed by atoms with Crippen molar-refractivity contribution in [1.82, 2.24) is 5.32 Å². The molecule has 1 heteroatoms. The molecule has 1 aromatic carbocycles. The first-order chi connectivity index (χ1) is 9.62. The molecule has 0 aliphatic carbocycles. The van der Waals surface area contributed by atoms with Crippen LogP contribution in [-0.4, -0.2) is 13.1 Å². The van der Waals surface area contributed by atoms with Crippen LogP contribution in [0.4, 0.5) is 0 Å². The normalized spacial score (nSPS) is 14.5. The Balaban J connectivity index is 2.66. The topological polar surface area (TPSA) is 12.0 Å². The molecule has 0 aromatic heterocycles. The molecule has 0 aliphatic heterocycles. The van der Waals surface area contributed by atoms with E-state index >= 15 is 0 Å². The standard InChI is InChI=1S/C19H33N/c1-6-8-9-17(7-2)19(20-5)14-16-10-12-18(13-11-16)15(3)4/h10-13,15,17,19-20H,6-9,14H2,1-5H3. The molecule has 2 unspecified atom stereocenters. The first-order valence-corrected chi connectivity index (χ1v) is 8.38. The highest BCUT2D eigenvalue weighted by Gasteiger charge is 2.18. The zero-order valence-corrected chi connectivity index (χ0v) is 14.1. The molecular weight excluding hydrogens is 242 g/mol. The Kier molecular flexibility index (Phi) is 7.91. The molecule has 2 atom stereocenters. The Labute approximate surface area is 126 Å². The lowest BCUT2D eigenvalue weighted by Gasteiger charge is -2.26. The van der Waals surface area contributed by atoms with Gasteiger partial charge in [0, 0.05) is 6.04 Å². The third kappa shape index (κ3) is 5.28. The largest absolute Gasteiger partial charge is 0.316 e. The summed E-state index contributed by atoms with van der Waals surface area (Å²) in [4.78, 5) is 0. The van der Waals surface area contributed by atoms with Gasteiger partial charge in [-0.25, -0.2) is 0 Å². The van der Waals surface area contributed by atoms with Crippen molar-refractivity contribution >= 4 is 0 Å². The van der Waals surface area contributed by atoms with Gasteiger partial charge in [-0.05, 0) is 42.9 Å². The fraction of sp³-hybridized carbons (Fsp3) is 0.684. The zero-order valence-electron chi connectivity index (χ0n) is 14.1. The lowest BCUT2D eigenvalue weighted by atomic mass is 9.87. The summed E-state index contributed by atoms with van der Waals surface area (Å²) in [6, 6.07) is 9.81. The summed E-state index contributed by atoms with van der Waals surface area (Å²) in [7, 11) is 2.11. The van der Waals surface area contributed by atoms with E-state index < -0.39 is 0 Å². The Morgan fingerprint density at radius 3 is 2.15 bits per heavy atom. The average Bonchev–Trinajstić information content (AvgIpc) is 2.47. The first kappa shape index (κ1) is 17.2. The van der Waals surface area contributed by atoms with Crippen LogP contribution in [0.5, 0.6) is 0 Å². The molecular formula is C19H33N. The summed E-state index contributed by atoms with van der Waals surface area (Å²) in [5.41, 5.74) is 2.90. The highest BCUT2D eigenvalue weighted by atomic mass is 14.9. The molecule has 0 saturated carbocycles. The van der Waals surface area contributed by atoms with E-state index in [2.05, 4.69) is 64.3 Å². The molecule has 20 heavy (non-hydrogen) atoms. The summed E-state index contributed by atoms with van der Waals surface area (Å²) < 4.78 is 0. The molecule has 0 radical (unpaired) electrons. The van der Waals surface area contributed by atoms with E-state index in [-0.39, 0.29) is 0 Å². The van der Waals surface area contributed by atoms with E-state index in [0.29, 0.717) is 12.0 Å². The zero-order chi connectivity index (χ0) is 15.0. The van der Waals surface area contributed by atoms with Crippen LogP contribution in [0.3, 0.4) is 0 Å². The van der Waals surface area contributed by atoms with Crippen LogP contribution in [0.25, 0.3) is 0 Å². The highest BCUT2D eigenvalue weighted by molar-refractivity contribution is 5.25. The minimum atomic E-state index is 0.608. The number of hydrogen-bond donors (Lipinski definition) is 1. The molecule has 0 bridgehead atoms. The van der Waals surface area contributed by atoms with Crippen molar-refractivity contribution in [3.05, 3.63) is 35.4 Å². The van der Waals surface area contributed by atoms with Gasteiger partial charge in [0.1, 0.15) is 0 Å². The van der Waals surface area contributed by atoms with Crippen LogP contribution in [0.2, 0.25) is 0 Å². The van der Waals surface area contributed by atoms with E-state index in [0.717, 1.165) is 12.3 Å². The van der Waals surface area contributed by atoms with E-state index in [1.807, 2.05) is 0 Å². The van der Waals surface area contributed by atoms with Crippen LogP contribution in [0.1, 0.15) is 70.4 Å². The number of benzene rings is 1. The molecule has 114 valence electrons. The summed E-state index contributed by atoms with van der Waals surface area (Å²) in [5, 5.41) is 3.55. The average molecular weight is 275 g/mol. The summed E-state index contributed by atoms with van der Waals surface area (Å²) in [5.74, 6) is 1.42. The van der Waals surface area contributed by atoms with Gasteiger partial charge in [0.05, 0.1) is 0 Å². The van der Waals surface area contributed by atoms with Crippen molar-refractivity contribution in [3.63, 3.8) is 0 Å². The molecule has 0 heterocycles. The van der Waals surface area contributed by atoms with Gasteiger partial charge in [-0.2, -0.15) is 0 Å². The second-order valence-electron chi connectivity index (χ2n) is 6.31. The molecule has 0 amide bonds. The minimum absolute atomic E-state index is 0.608. The summed E-state index contributed by atoms with van der Waals surface area (Å²) >= 11 is 0. The van der Waals surface area contributed by atoms with Crippen molar-refractivity contribution in [2.24, 2.45) is 5.92 Å². The second-order valence-corrected chi connectivity index (χ2v) is 6.31. The molecule has 1 nitrogen and oxygen atoms in total. The van der Waals surface area contributed by atoms with Crippen molar-refractivity contribution in [3.8, 4) is 0 Å². The van der Waals surface area contributed by atoms with Gasteiger partial charge in [-0.1, -0.05) is 71.2 Å². The highest BCUT2D eigenvalue weighted by Crippen LogP contribution is 2.21. The van der Waals surface area contributed by atoms with Crippen LogP contribution in [0, 0.1) is 5.92 Å². The van der Waals surface area contributed by atoms with Gasteiger partial charge < -0.3 is 5.32 Å². The SMILES string of the molecule is CCCCC(CC)C(Cc1ccc(C(C)C)cc1)NC. The van der Waals surface area contributed by atoms with Crippen molar-refractivity contribution in [2.45, 2.75) is 71.8 Å². The fourth-order valence-corrected chi connectivity index (χ4v) is 2.95. The van der Waals surface area contributed by atoms with Gasteiger partial charge in [0.15, 0.2) is 0 Å². The number of nitrogens with one attached hydrogen (secondary N) is 1. The number of rotatable bonds is 9. The maximum absolute atomic E-state index is 3.55. The van der Waals surface area contributed by atoms with Crippen LogP contribution in [-0.2, 0) is 6.42 Å². The van der Waals surface area contributed by atoms with E-state index in [4.69, 9.17) is 0 Å². The van der Waals surface area contributed by atoms with E-state index in [9.17, 15) is 0 Å². The van der Waals surface area contributed by atoms with Crippen LogP contribution >= 0.6 is 0 Å². The van der Waals surface area contributed by atoms with Crippen LogP contribution < -0.4 is 5.32 Å². The third-order valence-corrected chi connectivity index (χ3v) is 4.49. The smallest absolute Gasteiger partial charge is 0.0133 e. The summed E-state index contributed by atoms with van der Waals surface area (Å²) in [6.45, 7) is 9.12. The first-order valence-electron chi connectivity index (χ1n) is 8.38. The minimum Gasteiger partial charge on any atom is -0.316 e. The van der Waals surface area contributed by atoms with Crippen molar-refractivity contribution < 1.29 is 0 Å². The van der Waals surface area contributed by atoms with Crippen molar-refractivity contribution in [2.75, 3.05) is 7.05 Å². The number of likely N-dealkylation sites (N-methyl/N-ethyl adjacent to an activating group) is 1. The predicted octanol–water partition coefficient (Wildman–Crippen LogP) is 5.16.